The van der Waals surface area contributed by atoms with Crippen LogP contribution in [0.4, 0.5) is 30.7 Å². The molecule has 144 valence electrons. The van der Waals surface area contributed by atoms with E-state index < -0.39 is 30.0 Å². The molecule has 0 aromatic heterocycles. The number of halogens is 7. The summed E-state index contributed by atoms with van der Waals surface area (Å²) in [4.78, 5) is 0. The summed E-state index contributed by atoms with van der Waals surface area (Å²) in [6.07, 6.45) is -14.7. The second kappa shape index (κ2) is 7.01. The lowest BCUT2D eigenvalue weighted by molar-refractivity contribution is -0.352. The van der Waals surface area contributed by atoms with E-state index in [1.54, 1.807) is 0 Å². The van der Waals surface area contributed by atoms with Gasteiger partial charge in [-0.1, -0.05) is 26.0 Å². The highest BCUT2D eigenvalue weighted by atomic mass is 19.4. The van der Waals surface area contributed by atoms with E-state index in [0.717, 1.165) is 12.1 Å². The quantitative estimate of drug-likeness (QED) is 0.696. The SMILES string of the molecule is CC(C)COc1cccc(C(C)(O)CC(F)(C(F)(F)F)C(F)(F)F)c1. The zero-order chi connectivity index (χ0) is 19.7. The maximum atomic E-state index is 13.9. The van der Waals surface area contributed by atoms with Crippen molar-refractivity contribution >= 4 is 0 Å². The third-order valence-electron chi connectivity index (χ3n) is 3.53. The van der Waals surface area contributed by atoms with Gasteiger partial charge in [-0.25, -0.2) is 4.39 Å². The molecule has 1 aromatic rings. The predicted octanol–water partition coefficient (Wildman–Crippen LogP) is 5.15. The lowest BCUT2D eigenvalue weighted by Crippen LogP contribution is -2.56. The fourth-order valence-electron chi connectivity index (χ4n) is 2.12. The Morgan fingerprint density at radius 3 is 1.96 bits per heavy atom. The first-order chi connectivity index (χ1) is 11.1. The number of aliphatic hydroxyl groups is 1. The van der Waals surface area contributed by atoms with Crippen LogP contribution in [0.15, 0.2) is 24.3 Å². The number of hydrogen-bond donors (Lipinski definition) is 1. The summed E-state index contributed by atoms with van der Waals surface area (Å²) in [7, 11) is 0. The van der Waals surface area contributed by atoms with Gasteiger partial charge in [-0.2, -0.15) is 26.3 Å². The number of ether oxygens (including phenoxy) is 1. The first-order valence-corrected chi connectivity index (χ1v) is 7.38. The van der Waals surface area contributed by atoms with Gasteiger partial charge < -0.3 is 9.84 Å². The van der Waals surface area contributed by atoms with Crippen LogP contribution in [0.5, 0.6) is 5.75 Å². The Bertz CT molecular complexity index is 563. The Kier molecular flexibility index (Phi) is 6.04. The summed E-state index contributed by atoms with van der Waals surface area (Å²) in [6, 6.07) is 4.92. The Labute approximate surface area is 140 Å². The van der Waals surface area contributed by atoms with Crippen LogP contribution >= 0.6 is 0 Å². The Morgan fingerprint density at radius 1 is 1.00 bits per heavy atom. The van der Waals surface area contributed by atoms with Crippen molar-refractivity contribution in [1.29, 1.82) is 0 Å². The number of rotatable bonds is 6. The van der Waals surface area contributed by atoms with Gasteiger partial charge in [0.15, 0.2) is 0 Å². The summed E-state index contributed by atoms with van der Waals surface area (Å²) < 4.78 is 95.4. The van der Waals surface area contributed by atoms with E-state index in [1.807, 2.05) is 13.8 Å². The Hall–Kier alpha value is -1.51. The van der Waals surface area contributed by atoms with E-state index in [4.69, 9.17) is 4.74 Å². The van der Waals surface area contributed by atoms with Crippen molar-refractivity contribution in [3.8, 4) is 5.75 Å². The molecular formula is C16H19F7O2. The van der Waals surface area contributed by atoms with Crippen molar-refractivity contribution in [2.45, 2.75) is 50.8 Å². The molecule has 0 heterocycles. The average molecular weight is 376 g/mol. The average Bonchev–Trinajstić information content (AvgIpc) is 2.42. The number of hydrogen-bond acceptors (Lipinski definition) is 2. The highest BCUT2D eigenvalue weighted by molar-refractivity contribution is 5.32. The second-order valence-electron chi connectivity index (χ2n) is 6.48. The molecule has 0 fully saturated rings. The minimum Gasteiger partial charge on any atom is -0.493 e. The normalized spacial score (nSPS) is 16.0. The molecule has 0 aliphatic carbocycles. The first kappa shape index (κ1) is 21.5. The zero-order valence-electron chi connectivity index (χ0n) is 13.8. The minimum absolute atomic E-state index is 0.123. The third-order valence-corrected chi connectivity index (χ3v) is 3.53. The monoisotopic (exact) mass is 376 g/mol. The van der Waals surface area contributed by atoms with Crippen molar-refractivity contribution in [2.24, 2.45) is 5.92 Å². The highest BCUT2D eigenvalue weighted by Crippen LogP contribution is 2.52. The molecule has 0 saturated carbocycles. The second-order valence-corrected chi connectivity index (χ2v) is 6.48. The van der Waals surface area contributed by atoms with E-state index in [0.29, 0.717) is 6.92 Å². The largest absolute Gasteiger partial charge is 0.493 e. The first-order valence-electron chi connectivity index (χ1n) is 7.38. The summed E-state index contributed by atoms with van der Waals surface area (Å²) >= 11 is 0. The standard InChI is InChI=1S/C16H19F7O2/c1-10(2)8-25-12-6-4-5-11(7-12)13(3,24)9-14(17,15(18,19)20)16(21,22)23/h4-7,10,24H,8-9H2,1-3H3. The van der Waals surface area contributed by atoms with Crippen LogP contribution in [0, 0.1) is 5.92 Å². The van der Waals surface area contributed by atoms with Crippen molar-refractivity contribution < 1.29 is 40.6 Å². The molecule has 1 atom stereocenters. The van der Waals surface area contributed by atoms with Gasteiger partial charge in [-0.3, -0.25) is 0 Å². The van der Waals surface area contributed by atoms with Crippen LogP contribution in [-0.4, -0.2) is 29.7 Å². The van der Waals surface area contributed by atoms with E-state index in [2.05, 4.69) is 0 Å². The van der Waals surface area contributed by atoms with Gasteiger partial charge in [0.2, 0.25) is 0 Å². The van der Waals surface area contributed by atoms with Gasteiger partial charge in [0.25, 0.3) is 0 Å². The van der Waals surface area contributed by atoms with Crippen molar-refractivity contribution in [3.63, 3.8) is 0 Å². The summed E-state index contributed by atoms with van der Waals surface area (Å²) in [6.45, 7) is 4.62. The Balaban J connectivity index is 3.17. The van der Waals surface area contributed by atoms with Gasteiger partial charge >= 0.3 is 18.0 Å². The van der Waals surface area contributed by atoms with Gasteiger partial charge in [0, 0.05) is 6.42 Å². The molecule has 9 heteroatoms. The van der Waals surface area contributed by atoms with Crippen molar-refractivity contribution in [1.82, 2.24) is 0 Å². The maximum Gasteiger partial charge on any atom is 0.431 e. The van der Waals surface area contributed by atoms with Gasteiger partial charge in [0.1, 0.15) is 5.75 Å². The fourth-order valence-corrected chi connectivity index (χ4v) is 2.12. The van der Waals surface area contributed by atoms with Gasteiger partial charge in [-0.05, 0) is 30.5 Å². The van der Waals surface area contributed by atoms with E-state index in [9.17, 15) is 35.8 Å². The molecule has 25 heavy (non-hydrogen) atoms. The minimum atomic E-state index is -6.22. The molecule has 0 bridgehead atoms. The molecule has 0 spiro atoms. The predicted molar refractivity (Wildman–Crippen MR) is 76.9 cm³/mol. The number of alkyl halides is 7. The molecule has 0 saturated heterocycles. The molecule has 1 unspecified atom stereocenters. The molecule has 2 nitrogen and oxygen atoms in total. The van der Waals surface area contributed by atoms with E-state index in [1.165, 1.54) is 12.1 Å². The molecule has 1 rings (SSSR count). The van der Waals surface area contributed by atoms with Crippen molar-refractivity contribution in [2.75, 3.05) is 6.61 Å². The van der Waals surface area contributed by atoms with Crippen LogP contribution in [-0.2, 0) is 5.60 Å². The van der Waals surface area contributed by atoms with Crippen molar-refractivity contribution in [3.05, 3.63) is 29.8 Å². The lowest BCUT2D eigenvalue weighted by Gasteiger charge is -2.36. The van der Waals surface area contributed by atoms with Crippen LogP contribution in [0.25, 0.3) is 0 Å². The van der Waals surface area contributed by atoms with E-state index >= 15 is 0 Å². The maximum absolute atomic E-state index is 13.9. The zero-order valence-corrected chi connectivity index (χ0v) is 13.8. The molecule has 0 aliphatic heterocycles. The summed E-state index contributed by atoms with van der Waals surface area (Å²) in [5.74, 6) is 0.271. The molecule has 1 aromatic carbocycles. The third kappa shape index (κ3) is 4.99. The van der Waals surface area contributed by atoms with Crippen LogP contribution in [0.1, 0.15) is 32.8 Å². The van der Waals surface area contributed by atoms with Crippen LogP contribution in [0.2, 0.25) is 0 Å². The molecule has 0 radical (unpaired) electrons. The molecular weight excluding hydrogens is 357 g/mol. The molecule has 0 amide bonds. The summed E-state index contributed by atoms with van der Waals surface area (Å²) in [5, 5.41) is 10.2. The summed E-state index contributed by atoms with van der Waals surface area (Å²) in [5.41, 5.74) is -8.58. The topological polar surface area (TPSA) is 29.5 Å². The number of benzene rings is 1. The molecule has 0 aliphatic rings. The van der Waals surface area contributed by atoms with Crippen LogP contribution < -0.4 is 4.74 Å². The fraction of sp³-hybridized carbons (Fsp3) is 0.625. The highest BCUT2D eigenvalue weighted by Gasteiger charge is 2.73. The Morgan fingerprint density at radius 2 is 1.52 bits per heavy atom. The van der Waals surface area contributed by atoms with Gasteiger partial charge in [0.05, 0.1) is 12.2 Å². The van der Waals surface area contributed by atoms with Gasteiger partial charge in [-0.15, -0.1) is 0 Å². The van der Waals surface area contributed by atoms with E-state index in [-0.39, 0.29) is 23.8 Å². The smallest absolute Gasteiger partial charge is 0.431 e. The molecule has 1 N–H and O–H groups in total. The lowest BCUT2D eigenvalue weighted by atomic mass is 9.83. The van der Waals surface area contributed by atoms with Crippen LogP contribution in [0.3, 0.4) is 0 Å².